The van der Waals surface area contributed by atoms with Gasteiger partial charge in [-0.1, -0.05) is 18.7 Å². The van der Waals surface area contributed by atoms with Crippen LogP contribution in [0.3, 0.4) is 0 Å². The van der Waals surface area contributed by atoms with E-state index in [0.29, 0.717) is 6.61 Å². The third-order valence-electron chi connectivity index (χ3n) is 1.13. The Morgan fingerprint density at radius 1 is 1.73 bits per heavy atom. The summed E-state index contributed by atoms with van der Waals surface area (Å²) in [5.74, 6) is -0.155. The van der Waals surface area contributed by atoms with Gasteiger partial charge in [0.15, 0.2) is 11.6 Å². The van der Waals surface area contributed by atoms with Crippen molar-refractivity contribution in [1.82, 2.24) is 0 Å². The molecule has 1 nitrogen and oxygen atoms in total. The predicted octanol–water partition coefficient (Wildman–Crippen LogP) is 2.19. The molecule has 2 heteroatoms. The minimum absolute atomic E-state index is 0.239. The van der Waals surface area contributed by atoms with E-state index in [1.54, 1.807) is 12.1 Å². The lowest BCUT2D eigenvalue weighted by atomic mass is 10.3. The van der Waals surface area contributed by atoms with Crippen LogP contribution in [0.4, 0.5) is 4.39 Å². The van der Waals surface area contributed by atoms with Crippen molar-refractivity contribution >= 4 is 0 Å². The van der Waals surface area contributed by atoms with Gasteiger partial charge in [0, 0.05) is 0 Å². The van der Waals surface area contributed by atoms with Crippen LogP contribution in [0.25, 0.3) is 0 Å². The van der Waals surface area contributed by atoms with Crippen LogP contribution < -0.4 is 4.74 Å². The van der Waals surface area contributed by atoms with Crippen LogP contribution in [0.2, 0.25) is 0 Å². The van der Waals surface area contributed by atoms with E-state index < -0.39 is 5.82 Å². The molecule has 0 saturated carbocycles. The topological polar surface area (TPSA) is 9.23 Å². The molecule has 1 aromatic rings. The Bertz CT molecular complexity index is 245. The molecule has 0 unspecified atom stereocenters. The van der Waals surface area contributed by atoms with E-state index in [4.69, 9.17) is 4.74 Å². The lowest BCUT2D eigenvalue weighted by Crippen LogP contribution is -1.94. The molecule has 0 heterocycles. The highest BCUT2D eigenvalue weighted by molar-refractivity contribution is 5.23. The van der Waals surface area contributed by atoms with Crippen molar-refractivity contribution in [2.45, 2.75) is 0 Å². The van der Waals surface area contributed by atoms with E-state index in [0.717, 1.165) is 0 Å². The number of ether oxygens (including phenoxy) is 1. The highest BCUT2D eigenvalue weighted by Gasteiger charge is 1.98. The summed E-state index contributed by atoms with van der Waals surface area (Å²) in [5, 5.41) is 0. The van der Waals surface area contributed by atoms with Gasteiger partial charge in [0.25, 0.3) is 0 Å². The molecule has 0 spiro atoms. The molecule has 1 aromatic carbocycles. The van der Waals surface area contributed by atoms with Gasteiger partial charge < -0.3 is 4.74 Å². The first-order chi connectivity index (χ1) is 5.34. The van der Waals surface area contributed by atoms with Crippen LogP contribution in [0.1, 0.15) is 0 Å². The molecule has 0 amide bonds. The average Bonchev–Trinajstić information content (AvgIpc) is 2.03. The molecule has 0 aliphatic heterocycles. The number of halogens is 1. The number of benzene rings is 1. The standard InChI is InChI=1S/C9H8FO/c1-2-7-11-9-6-4-3-5-8(9)10/h2,4-6H,1,7H2. The summed E-state index contributed by atoms with van der Waals surface area (Å²) >= 11 is 0. The van der Waals surface area contributed by atoms with E-state index in [1.165, 1.54) is 12.1 Å². The lowest BCUT2D eigenvalue weighted by molar-refractivity contribution is 0.342. The summed E-state index contributed by atoms with van der Waals surface area (Å²) in [7, 11) is 0. The van der Waals surface area contributed by atoms with Crippen molar-refractivity contribution < 1.29 is 9.13 Å². The maximum atomic E-state index is 12.7. The highest BCUT2D eigenvalue weighted by Crippen LogP contribution is 2.14. The number of hydrogen-bond acceptors (Lipinski definition) is 1. The molecule has 0 atom stereocenters. The van der Waals surface area contributed by atoms with Crippen LogP contribution >= 0.6 is 0 Å². The van der Waals surface area contributed by atoms with Crippen molar-refractivity contribution in [3.63, 3.8) is 0 Å². The molecular formula is C9H8FO. The van der Waals surface area contributed by atoms with E-state index in [1.807, 2.05) is 0 Å². The van der Waals surface area contributed by atoms with Crippen LogP contribution in [0.15, 0.2) is 30.9 Å². The summed E-state index contributed by atoms with van der Waals surface area (Å²) in [6.45, 7) is 3.77. The fraction of sp³-hybridized carbons (Fsp3) is 0.111. The summed E-state index contributed by atoms with van der Waals surface area (Å²) in [6, 6.07) is 6.96. The van der Waals surface area contributed by atoms with Gasteiger partial charge in [-0.15, -0.1) is 0 Å². The van der Waals surface area contributed by atoms with Crippen LogP contribution in [0, 0.1) is 11.9 Å². The molecule has 0 aliphatic carbocycles. The number of hydrogen-bond donors (Lipinski definition) is 0. The van der Waals surface area contributed by atoms with Gasteiger partial charge in [-0.3, -0.25) is 0 Å². The zero-order valence-electron chi connectivity index (χ0n) is 6.01. The fourth-order valence-corrected chi connectivity index (χ4v) is 0.662. The second kappa shape index (κ2) is 3.76. The average molecular weight is 151 g/mol. The van der Waals surface area contributed by atoms with Crippen molar-refractivity contribution in [2.24, 2.45) is 0 Å². The predicted molar refractivity (Wildman–Crippen MR) is 40.9 cm³/mol. The Kier molecular flexibility index (Phi) is 2.66. The van der Waals surface area contributed by atoms with Gasteiger partial charge in [0.05, 0.1) is 0 Å². The maximum Gasteiger partial charge on any atom is 0.165 e. The third kappa shape index (κ3) is 2.08. The molecule has 1 rings (SSSR count). The van der Waals surface area contributed by atoms with Gasteiger partial charge in [-0.25, -0.2) is 4.39 Å². The van der Waals surface area contributed by atoms with Gasteiger partial charge in [-0.2, -0.15) is 0 Å². The Balaban J connectivity index is 2.69. The van der Waals surface area contributed by atoms with Crippen molar-refractivity contribution in [2.75, 3.05) is 6.61 Å². The molecule has 11 heavy (non-hydrogen) atoms. The second-order valence-corrected chi connectivity index (χ2v) is 1.96. The van der Waals surface area contributed by atoms with Gasteiger partial charge >= 0.3 is 0 Å². The van der Waals surface area contributed by atoms with Crippen LogP contribution in [0.5, 0.6) is 5.75 Å². The largest absolute Gasteiger partial charge is 0.486 e. The van der Waals surface area contributed by atoms with E-state index >= 15 is 0 Å². The Morgan fingerprint density at radius 2 is 2.55 bits per heavy atom. The zero-order valence-corrected chi connectivity index (χ0v) is 6.01. The van der Waals surface area contributed by atoms with Crippen molar-refractivity contribution in [1.29, 1.82) is 0 Å². The highest BCUT2D eigenvalue weighted by atomic mass is 19.1. The first-order valence-corrected chi connectivity index (χ1v) is 3.24. The summed E-state index contributed by atoms with van der Waals surface area (Å²) in [4.78, 5) is 0. The van der Waals surface area contributed by atoms with Crippen LogP contribution in [-0.2, 0) is 0 Å². The van der Waals surface area contributed by atoms with Crippen LogP contribution in [-0.4, -0.2) is 6.61 Å². The Labute approximate surface area is 65.1 Å². The molecular weight excluding hydrogens is 143 g/mol. The smallest absolute Gasteiger partial charge is 0.165 e. The quantitative estimate of drug-likeness (QED) is 0.601. The van der Waals surface area contributed by atoms with E-state index in [-0.39, 0.29) is 5.75 Å². The molecule has 0 aliphatic rings. The molecule has 57 valence electrons. The fourth-order valence-electron chi connectivity index (χ4n) is 0.662. The minimum Gasteiger partial charge on any atom is -0.486 e. The first-order valence-electron chi connectivity index (χ1n) is 3.24. The summed E-state index contributed by atoms with van der Waals surface area (Å²) in [6.07, 6.45) is 1.57. The normalized spacial score (nSPS) is 9.18. The van der Waals surface area contributed by atoms with Crippen molar-refractivity contribution in [3.05, 3.63) is 42.7 Å². The third-order valence-corrected chi connectivity index (χ3v) is 1.13. The van der Waals surface area contributed by atoms with E-state index in [9.17, 15) is 4.39 Å². The second-order valence-electron chi connectivity index (χ2n) is 1.96. The van der Waals surface area contributed by atoms with Crippen molar-refractivity contribution in [3.8, 4) is 5.75 Å². The number of rotatable bonds is 3. The Hall–Kier alpha value is -1.31. The van der Waals surface area contributed by atoms with E-state index in [2.05, 4.69) is 12.6 Å². The Morgan fingerprint density at radius 3 is 3.18 bits per heavy atom. The molecule has 0 fully saturated rings. The van der Waals surface area contributed by atoms with Gasteiger partial charge in [0.1, 0.15) is 6.61 Å². The monoisotopic (exact) mass is 151 g/mol. The first kappa shape index (κ1) is 7.79. The molecule has 0 aromatic heterocycles. The van der Waals surface area contributed by atoms with Gasteiger partial charge in [-0.05, 0) is 18.2 Å². The summed E-state index contributed by atoms with van der Waals surface area (Å²) in [5.41, 5.74) is 0. The molecule has 0 saturated heterocycles. The summed E-state index contributed by atoms with van der Waals surface area (Å²) < 4.78 is 17.7. The lowest BCUT2D eigenvalue weighted by Gasteiger charge is -2.02. The van der Waals surface area contributed by atoms with Gasteiger partial charge in [0.2, 0.25) is 0 Å². The minimum atomic E-state index is -0.394. The SMILES string of the molecule is C=CCOc1cc[c]cc1F. The molecule has 0 bridgehead atoms. The molecule has 1 radical (unpaired) electrons. The maximum absolute atomic E-state index is 12.7. The molecule has 0 N–H and O–H groups in total. The zero-order chi connectivity index (χ0) is 8.10.